The quantitative estimate of drug-likeness (QED) is 0.303. The summed E-state index contributed by atoms with van der Waals surface area (Å²) in [5.41, 5.74) is 1.99. The Balaban J connectivity index is 0.00000261. The van der Waals surface area contributed by atoms with Crippen LogP contribution in [0, 0.1) is 0 Å². The summed E-state index contributed by atoms with van der Waals surface area (Å²) >= 11 is 1.81. The van der Waals surface area contributed by atoms with Gasteiger partial charge in [0.05, 0.1) is 12.1 Å². The van der Waals surface area contributed by atoms with Gasteiger partial charge in [-0.05, 0) is 56.2 Å². The molecule has 1 unspecified atom stereocenters. The van der Waals surface area contributed by atoms with Crippen LogP contribution in [0.2, 0.25) is 0 Å². The highest BCUT2D eigenvalue weighted by atomic mass is 127. The van der Waals surface area contributed by atoms with Crippen LogP contribution in [0.25, 0.3) is 0 Å². The number of thioether (sulfide) groups is 1. The Morgan fingerprint density at radius 3 is 2.52 bits per heavy atom. The maximum atomic E-state index is 10.5. The molecule has 7 heteroatoms. The Hall–Kier alpha value is -0.510. The molecular formula is C20H33IN4OS. The van der Waals surface area contributed by atoms with Gasteiger partial charge >= 0.3 is 0 Å². The predicted molar refractivity (Wildman–Crippen MR) is 126 cm³/mol. The summed E-state index contributed by atoms with van der Waals surface area (Å²) in [6.45, 7) is 7.60. The van der Waals surface area contributed by atoms with Gasteiger partial charge in [-0.15, -0.1) is 24.0 Å². The second-order valence-electron chi connectivity index (χ2n) is 7.38. The van der Waals surface area contributed by atoms with Crippen molar-refractivity contribution >= 4 is 41.7 Å². The maximum absolute atomic E-state index is 10.5. The average molecular weight is 504 g/mol. The van der Waals surface area contributed by atoms with Gasteiger partial charge < -0.3 is 15.7 Å². The standard InChI is InChI=1S/C20H32N4OS.HI/c1-2-21-19(23-15-20(25)9-12-26-16-20)22-13-17-5-7-18(8-6-17)14-24-10-3-4-11-24;/h5-8,25H,2-4,9-16H2,1H3,(H2,21,22,23);1H. The van der Waals surface area contributed by atoms with Gasteiger partial charge in [0, 0.05) is 25.4 Å². The van der Waals surface area contributed by atoms with Crippen LogP contribution in [0.3, 0.4) is 0 Å². The first kappa shape index (κ1) is 22.8. The van der Waals surface area contributed by atoms with E-state index in [1.54, 1.807) is 0 Å². The van der Waals surface area contributed by atoms with Crippen LogP contribution in [0.4, 0.5) is 0 Å². The molecule has 2 fully saturated rings. The van der Waals surface area contributed by atoms with Gasteiger partial charge in [0.15, 0.2) is 5.96 Å². The molecule has 1 aromatic rings. The highest BCUT2D eigenvalue weighted by Gasteiger charge is 2.31. The van der Waals surface area contributed by atoms with Crippen LogP contribution in [-0.4, -0.2) is 59.3 Å². The van der Waals surface area contributed by atoms with Crippen LogP contribution in [0.15, 0.2) is 29.3 Å². The van der Waals surface area contributed by atoms with E-state index < -0.39 is 5.60 Å². The molecule has 0 saturated carbocycles. The van der Waals surface area contributed by atoms with Gasteiger partial charge in [0.25, 0.3) is 0 Å². The third kappa shape index (κ3) is 7.44. The summed E-state index contributed by atoms with van der Waals surface area (Å²) in [4.78, 5) is 7.20. The van der Waals surface area contributed by atoms with E-state index in [0.29, 0.717) is 13.1 Å². The minimum absolute atomic E-state index is 0. The number of hydrogen-bond acceptors (Lipinski definition) is 4. The number of guanidine groups is 1. The number of nitrogens with zero attached hydrogens (tertiary/aromatic N) is 2. The Bertz CT molecular complexity index is 584. The van der Waals surface area contributed by atoms with Crippen LogP contribution >= 0.6 is 35.7 Å². The van der Waals surface area contributed by atoms with Crippen molar-refractivity contribution in [1.29, 1.82) is 0 Å². The van der Waals surface area contributed by atoms with Crippen LogP contribution in [0.5, 0.6) is 0 Å². The Morgan fingerprint density at radius 1 is 1.19 bits per heavy atom. The highest BCUT2D eigenvalue weighted by molar-refractivity contribution is 14.0. The third-order valence-corrected chi connectivity index (χ3v) is 6.29. The van der Waals surface area contributed by atoms with E-state index in [2.05, 4.69) is 51.7 Å². The lowest BCUT2D eigenvalue weighted by molar-refractivity contribution is 0.0724. The lowest BCUT2D eigenvalue weighted by Gasteiger charge is -2.23. The van der Waals surface area contributed by atoms with E-state index in [-0.39, 0.29) is 24.0 Å². The lowest BCUT2D eigenvalue weighted by atomic mass is 10.0. The van der Waals surface area contributed by atoms with Gasteiger partial charge in [0.1, 0.15) is 0 Å². The summed E-state index contributed by atoms with van der Waals surface area (Å²) in [5.74, 6) is 2.62. The summed E-state index contributed by atoms with van der Waals surface area (Å²) in [6, 6.07) is 8.81. The van der Waals surface area contributed by atoms with Gasteiger partial charge in [-0.25, -0.2) is 4.99 Å². The minimum Gasteiger partial charge on any atom is -0.387 e. The topological polar surface area (TPSA) is 59.9 Å². The van der Waals surface area contributed by atoms with E-state index >= 15 is 0 Å². The van der Waals surface area contributed by atoms with Crippen molar-refractivity contribution in [3.63, 3.8) is 0 Å². The molecule has 0 spiro atoms. The van der Waals surface area contributed by atoms with E-state index in [0.717, 1.165) is 37.0 Å². The maximum Gasteiger partial charge on any atom is 0.191 e. The molecule has 0 aromatic heterocycles. The monoisotopic (exact) mass is 504 g/mol. The molecule has 2 aliphatic rings. The second-order valence-corrected chi connectivity index (χ2v) is 8.48. The fourth-order valence-electron chi connectivity index (χ4n) is 3.45. The number of halogens is 1. The fourth-order valence-corrected chi connectivity index (χ4v) is 4.74. The molecular weight excluding hydrogens is 471 g/mol. The first-order valence-electron chi connectivity index (χ1n) is 9.79. The Kier molecular flexibility index (Phi) is 9.69. The summed E-state index contributed by atoms with van der Waals surface area (Å²) in [7, 11) is 0. The number of nitrogens with one attached hydrogen (secondary N) is 2. The second kappa shape index (κ2) is 11.5. The van der Waals surface area contributed by atoms with E-state index in [4.69, 9.17) is 0 Å². The normalized spacial score (nSPS) is 23.3. The van der Waals surface area contributed by atoms with Gasteiger partial charge in [-0.3, -0.25) is 4.90 Å². The summed E-state index contributed by atoms with van der Waals surface area (Å²) in [6.07, 6.45) is 3.52. The SMILES string of the molecule is CCNC(=NCc1ccc(CN2CCCC2)cc1)NCC1(O)CCSC1.I. The van der Waals surface area contributed by atoms with Gasteiger partial charge in [-0.1, -0.05) is 24.3 Å². The molecule has 0 amide bonds. The lowest BCUT2D eigenvalue weighted by Crippen LogP contribution is -2.47. The van der Waals surface area contributed by atoms with Crippen molar-refractivity contribution < 1.29 is 5.11 Å². The smallest absolute Gasteiger partial charge is 0.191 e. The third-order valence-electron chi connectivity index (χ3n) is 5.06. The molecule has 5 nitrogen and oxygen atoms in total. The number of aliphatic imine (C=N–C) groups is 1. The van der Waals surface area contributed by atoms with Crippen LogP contribution in [0.1, 0.15) is 37.3 Å². The van der Waals surface area contributed by atoms with Gasteiger partial charge in [0.2, 0.25) is 0 Å². The molecule has 0 radical (unpaired) electrons. The number of likely N-dealkylation sites (tertiary alicyclic amines) is 1. The fraction of sp³-hybridized carbons (Fsp3) is 0.650. The van der Waals surface area contributed by atoms with Crippen molar-refractivity contribution in [3.05, 3.63) is 35.4 Å². The zero-order chi connectivity index (χ0) is 18.2. The number of rotatable bonds is 7. The first-order valence-corrected chi connectivity index (χ1v) is 10.9. The molecule has 2 saturated heterocycles. The average Bonchev–Trinajstić information content (AvgIpc) is 3.31. The molecule has 0 aliphatic carbocycles. The molecule has 3 rings (SSSR count). The van der Waals surface area contributed by atoms with Crippen molar-refractivity contribution in [2.24, 2.45) is 4.99 Å². The number of hydrogen-bond donors (Lipinski definition) is 3. The van der Waals surface area contributed by atoms with E-state index in [9.17, 15) is 5.11 Å². The summed E-state index contributed by atoms with van der Waals surface area (Å²) in [5, 5.41) is 17.0. The van der Waals surface area contributed by atoms with E-state index in [1.807, 2.05) is 11.8 Å². The molecule has 27 heavy (non-hydrogen) atoms. The zero-order valence-electron chi connectivity index (χ0n) is 16.2. The molecule has 152 valence electrons. The van der Waals surface area contributed by atoms with E-state index in [1.165, 1.54) is 37.1 Å². The minimum atomic E-state index is -0.599. The molecule has 0 bridgehead atoms. The van der Waals surface area contributed by atoms with Crippen molar-refractivity contribution in [1.82, 2.24) is 15.5 Å². The Labute approximate surface area is 184 Å². The highest BCUT2D eigenvalue weighted by Crippen LogP contribution is 2.26. The van der Waals surface area contributed by atoms with Crippen molar-refractivity contribution in [2.75, 3.05) is 37.7 Å². The molecule has 2 heterocycles. The van der Waals surface area contributed by atoms with Crippen molar-refractivity contribution in [3.8, 4) is 0 Å². The number of aliphatic hydroxyl groups is 1. The number of benzene rings is 1. The van der Waals surface area contributed by atoms with Crippen molar-refractivity contribution in [2.45, 2.75) is 44.9 Å². The largest absolute Gasteiger partial charge is 0.387 e. The van der Waals surface area contributed by atoms with Gasteiger partial charge in [-0.2, -0.15) is 11.8 Å². The molecule has 1 atom stereocenters. The Morgan fingerprint density at radius 2 is 1.89 bits per heavy atom. The van der Waals surface area contributed by atoms with Crippen LogP contribution in [-0.2, 0) is 13.1 Å². The molecule has 1 aromatic carbocycles. The molecule has 2 aliphatic heterocycles. The zero-order valence-corrected chi connectivity index (χ0v) is 19.4. The summed E-state index contributed by atoms with van der Waals surface area (Å²) < 4.78 is 0. The first-order chi connectivity index (χ1) is 12.7. The predicted octanol–water partition coefficient (Wildman–Crippen LogP) is 2.82. The molecule has 3 N–H and O–H groups in total. The van der Waals surface area contributed by atoms with Crippen LogP contribution < -0.4 is 10.6 Å².